The van der Waals surface area contributed by atoms with Gasteiger partial charge >= 0.3 is 5.97 Å². The maximum atomic E-state index is 12.1. The molecular weight excluding hydrogens is 318 g/mol. The Morgan fingerprint density at radius 2 is 1.68 bits per heavy atom. The molecule has 1 amide bonds. The maximum Gasteiger partial charge on any atom is 0.306 e. The first kappa shape index (κ1) is 18.5. The van der Waals surface area contributed by atoms with Crippen LogP contribution in [-0.2, 0) is 20.7 Å². The van der Waals surface area contributed by atoms with Crippen LogP contribution in [0.1, 0.15) is 24.5 Å². The average molecular weight is 341 g/mol. The topological polar surface area (TPSA) is 64.6 Å². The second kappa shape index (κ2) is 8.87. The number of carbonyl (C=O) groups is 2. The van der Waals surface area contributed by atoms with Crippen LogP contribution in [0, 0.1) is 6.92 Å². The van der Waals surface area contributed by atoms with Gasteiger partial charge in [0.2, 0.25) is 0 Å². The van der Waals surface area contributed by atoms with E-state index < -0.39 is 12.1 Å². The Balaban J connectivity index is 1.78. The van der Waals surface area contributed by atoms with Crippen molar-refractivity contribution in [1.29, 1.82) is 0 Å². The average Bonchev–Trinajstić information content (AvgIpc) is 2.62. The van der Waals surface area contributed by atoms with Crippen molar-refractivity contribution >= 4 is 17.6 Å². The van der Waals surface area contributed by atoms with Gasteiger partial charge in [-0.3, -0.25) is 9.59 Å². The quantitative estimate of drug-likeness (QED) is 0.783. The van der Waals surface area contributed by atoms with Crippen LogP contribution in [0.2, 0.25) is 0 Å². The number of hydrogen-bond acceptors (Lipinski definition) is 4. The van der Waals surface area contributed by atoms with Gasteiger partial charge in [0.1, 0.15) is 5.75 Å². The number of ether oxygens (including phenoxy) is 2. The number of esters is 1. The SMILES string of the molecule is COc1ccc(CCC(=O)O[C@@H](C)C(=O)Nc2ccc(C)cc2)cc1. The number of anilines is 1. The predicted molar refractivity (Wildman–Crippen MR) is 96.7 cm³/mol. The van der Waals surface area contributed by atoms with Crippen molar-refractivity contribution in [1.82, 2.24) is 0 Å². The number of aryl methyl sites for hydroxylation is 2. The van der Waals surface area contributed by atoms with Gasteiger partial charge in [0.15, 0.2) is 6.10 Å². The fourth-order valence-corrected chi connectivity index (χ4v) is 2.23. The Morgan fingerprint density at radius 3 is 2.28 bits per heavy atom. The molecule has 0 fully saturated rings. The summed E-state index contributed by atoms with van der Waals surface area (Å²) in [7, 11) is 1.61. The molecule has 2 aromatic carbocycles. The maximum absolute atomic E-state index is 12.1. The van der Waals surface area contributed by atoms with E-state index in [9.17, 15) is 9.59 Å². The van der Waals surface area contributed by atoms with Crippen molar-refractivity contribution in [3.8, 4) is 5.75 Å². The molecule has 0 spiro atoms. The molecule has 0 aliphatic carbocycles. The third-order valence-electron chi connectivity index (χ3n) is 3.77. The smallest absolute Gasteiger partial charge is 0.306 e. The van der Waals surface area contributed by atoms with E-state index >= 15 is 0 Å². The molecule has 5 heteroatoms. The Bertz CT molecular complexity index is 707. The van der Waals surface area contributed by atoms with E-state index in [4.69, 9.17) is 9.47 Å². The lowest BCUT2D eigenvalue weighted by Crippen LogP contribution is -2.30. The van der Waals surface area contributed by atoms with Gasteiger partial charge in [0.25, 0.3) is 5.91 Å². The Hall–Kier alpha value is -2.82. The van der Waals surface area contributed by atoms with Gasteiger partial charge in [-0.25, -0.2) is 0 Å². The van der Waals surface area contributed by atoms with Crippen LogP contribution in [0.4, 0.5) is 5.69 Å². The van der Waals surface area contributed by atoms with Crippen molar-refractivity contribution < 1.29 is 19.1 Å². The van der Waals surface area contributed by atoms with Crippen LogP contribution in [0.15, 0.2) is 48.5 Å². The lowest BCUT2D eigenvalue weighted by molar-refractivity contribution is -0.153. The highest BCUT2D eigenvalue weighted by molar-refractivity contribution is 5.95. The first-order valence-corrected chi connectivity index (χ1v) is 8.18. The van der Waals surface area contributed by atoms with Crippen LogP contribution >= 0.6 is 0 Å². The van der Waals surface area contributed by atoms with Crippen molar-refractivity contribution in [2.75, 3.05) is 12.4 Å². The zero-order valence-electron chi connectivity index (χ0n) is 14.7. The summed E-state index contributed by atoms with van der Waals surface area (Å²) < 4.78 is 10.3. The van der Waals surface area contributed by atoms with Crippen molar-refractivity contribution in [2.24, 2.45) is 0 Å². The molecule has 0 aliphatic rings. The van der Waals surface area contributed by atoms with Crippen LogP contribution in [0.3, 0.4) is 0 Å². The molecule has 1 N–H and O–H groups in total. The molecule has 0 heterocycles. The molecule has 25 heavy (non-hydrogen) atoms. The predicted octanol–water partition coefficient (Wildman–Crippen LogP) is 3.51. The molecule has 5 nitrogen and oxygen atoms in total. The summed E-state index contributed by atoms with van der Waals surface area (Å²) in [5, 5.41) is 2.73. The third-order valence-corrected chi connectivity index (χ3v) is 3.77. The second-order valence-electron chi connectivity index (χ2n) is 5.84. The molecular formula is C20H23NO4. The lowest BCUT2D eigenvalue weighted by Gasteiger charge is -2.13. The number of nitrogens with one attached hydrogen (secondary N) is 1. The molecule has 0 aliphatic heterocycles. The van der Waals surface area contributed by atoms with Gasteiger partial charge in [-0.05, 0) is 50.1 Å². The van der Waals surface area contributed by atoms with Crippen LogP contribution in [-0.4, -0.2) is 25.1 Å². The van der Waals surface area contributed by atoms with E-state index in [-0.39, 0.29) is 12.3 Å². The number of amides is 1. The van der Waals surface area contributed by atoms with Gasteiger partial charge in [-0.2, -0.15) is 0 Å². The number of methoxy groups -OCH3 is 1. The fourth-order valence-electron chi connectivity index (χ4n) is 2.23. The summed E-state index contributed by atoms with van der Waals surface area (Å²) in [6, 6.07) is 14.9. The number of benzene rings is 2. The second-order valence-corrected chi connectivity index (χ2v) is 5.84. The molecule has 0 bridgehead atoms. The van der Waals surface area contributed by atoms with Gasteiger partial charge in [-0.15, -0.1) is 0 Å². The highest BCUT2D eigenvalue weighted by atomic mass is 16.5. The van der Waals surface area contributed by atoms with E-state index in [0.717, 1.165) is 16.9 Å². The first-order chi connectivity index (χ1) is 12.0. The summed E-state index contributed by atoms with van der Waals surface area (Å²) in [6.45, 7) is 3.54. The molecule has 0 aromatic heterocycles. The molecule has 0 radical (unpaired) electrons. The Kier molecular flexibility index (Phi) is 6.57. The summed E-state index contributed by atoms with van der Waals surface area (Å²) >= 11 is 0. The van der Waals surface area contributed by atoms with Gasteiger partial charge < -0.3 is 14.8 Å². The molecule has 132 valence electrons. The number of hydrogen-bond donors (Lipinski definition) is 1. The highest BCUT2D eigenvalue weighted by Crippen LogP contribution is 2.13. The zero-order valence-corrected chi connectivity index (χ0v) is 14.7. The Morgan fingerprint density at radius 1 is 1.04 bits per heavy atom. The summed E-state index contributed by atoms with van der Waals surface area (Å²) in [5.74, 6) is 0.0248. The first-order valence-electron chi connectivity index (χ1n) is 8.18. The molecule has 2 aromatic rings. The summed E-state index contributed by atoms with van der Waals surface area (Å²) in [4.78, 5) is 24.0. The van der Waals surface area contributed by atoms with E-state index in [2.05, 4.69) is 5.32 Å². The lowest BCUT2D eigenvalue weighted by atomic mass is 10.1. The van der Waals surface area contributed by atoms with E-state index in [0.29, 0.717) is 12.1 Å². The van der Waals surface area contributed by atoms with Crippen LogP contribution < -0.4 is 10.1 Å². The number of rotatable bonds is 7. The highest BCUT2D eigenvalue weighted by Gasteiger charge is 2.17. The Labute approximate surface area is 148 Å². The van der Waals surface area contributed by atoms with Gasteiger partial charge in [0.05, 0.1) is 7.11 Å². The van der Waals surface area contributed by atoms with Crippen molar-refractivity contribution in [3.63, 3.8) is 0 Å². The molecule has 0 saturated heterocycles. The van der Waals surface area contributed by atoms with E-state index in [1.165, 1.54) is 0 Å². The molecule has 2 rings (SSSR count). The standard InChI is InChI=1S/C20H23NO4/c1-14-4-9-17(10-5-14)21-20(23)15(2)25-19(22)13-8-16-6-11-18(24-3)12-7-16/h4-7,9-12,15H,8,13H2,1-3H3,(H,21,23)/t15-/m0/s1. The van der Waals surface area contributed by atoms with E-state index in [1.807, 2.05) is 55.5 Å². The molecule has 1 atom stereocenters. The van der Waals surface area contributed by atoms with E-state index in [1.54, 1.807) is 14.0 Å². The monoisotopic (exact) mass is 341 g/mol. The summed E-state index contributed by atoms with van der Waals surface area (Å²) in [5.41, 5.74) is 2.79. The summed E-state index contributed by atoms with van der Waals surface area (Å²) in [6.07, 6.45) is -0.0754. The van der Waals surface area contributed by atoms with Gasteiger partial charge in [0, 0.05) is 12.1 Å². The zero-order chi connectivity index (χ0) is 18.2. The van der Waals surface area contributed by atoms with Crippen molar-refractivity contribution in [3.05, 3.63) is 59.7 Å². The third kappa shape index (κ3) is 5.95. The minimum Gasteiger partial charge on any atom is -0.497 e. The molecule has 0 unspecified atom stereocenters. The molecule has 0 saturated carbocycles. The minimum atomic E-state index is -0.843. The largest absolute Gasteiger partial charge is 0.497 e. The van der Waals surface area contributed by atoms with Crippen LogP contribution in [0.25, 0.3) is 0 Å². The minimum absolute atomic E-state index is 0.217. The normalized spacial score (nSPS) is 11.5. The van der Waals surface area contributed by atoms with Crippen molar-refractivity contribution in [2.45, 2.75) is 32.8 Å². The fraction of sp³-hybridized carbons (Fsp3) is 0.300. The van der Waals surface area contributed by atoms with Gasteiger partial charge in [-0.1, -0.05) is 29.8 Å². The number of carbonyl (C=O) groups excluding carboxylic acids is 2. The van der Waals surface area contributed by atoms with Crippen LogP contribution in [0.5, 0.6) is 5.75 Å².